The van der Waals surface area contributed by atoms with E-state index in [0.717, 1.165) is 5.56 Å². The first-order valence-corrected chi connectivity index (χ1v) is 5.46. The predicted octanol–water partition coefficient (Wildman–Crippen LogP) is 1.95. The Morgan fingerprint density at radius 1 is 1.29 bits per heavy atom. The third kappa shape index (κ3) is 3.25. The molecule has 0 bridgehead atoms. The minimum Gasteiger partial charge on any atom is -0.370 e. The van der Waals surface area contributed by atoms with Crippen molar-refractivity contribution >= 4 is 40.8 Å². The summed E-state index contributed by atoms with van der Waals surface area (Å²) in [5, 5.41) is 8.55. The van der Waals surface area contributed by atoms with Crippen LogP contribution in [0.4, 0.5) is 5.69 Å². The van der Waals surface area contributed by atoms with Crippen LogP contribution in [-0.4, -0.2) is 19.0 Å². The first-order valence-electron chi connectivity index (χ1n) is 4.70. The molecule has 92 valence electrons. The van der Waals surface area contributed by atoms with Crippen molar-refractivity contribution in [1.29, 1.82) is 5.41 Å². The van der Waals surface area contributed by atoms with Gasteiger partial charge < -0.3 is 16.4 Å². The smallest absolute Gasteiger partial charge is 0.225 e. The van der Waals surface area contributed by atoms with Crippen LogP contribution >= 0.6 is 23.2 Å². The van der Waals surface area contributed by atoms with E-state index in [1.807, 2.05) is 6.92 Å². The fourth-order valence-electron chi connectivity index (χ4n) is 1.32. The average Bonchev–Trinajstić information content (AvgIpc) is 2.14. The predicted molar refractivity (Wildman–Crippen MR) is 73.1 cm³/mol. The molecule has 0 amide bonds. The topological polar surface area (TPSA) is 91.5 Å². The lowest BCUT2D eigenvalue weighted by atomic mass is 10.2. The molecule has 5 nitrogen and oxygen atoms in total. The molecule has 0 saturated heterocycles. The molecule has 0 fully saturated rings. The molecule has 0 spiro atoms. The molecule has 0 heterocycles. The third-order valence-electron chi connectivity index (χ3n) is 2.05. The van der Waals surface area contributed by atoms with Gasteiger partial charge in [0.05, 0.1) is 15.7 Å². The molecule has 0 saturated carbocycles. The van der Waals surface area contributed by atoms with Crippen molar-refractivity contribution in [3.05, 3.63) is 27.7 Å². The van der Waals surface area contributed by atoms with E-state index in [1.165, 1.54) is 4.90 Å². The van der Waals surface area contributed by atoms with Gasteiger partial charge in [0, 0.05) is 7.05 Å². The van der Waals surface area contributed by atoms with E-state index in [1.54, 1.807) is 19.2 Å². The third-order valence-corrected chi connectivity index (χ3v) is 2.63. The number of hydrogen-bond donors (Lipinski definition) is 3. The number of aryl methyl sites for hydroxylation is 1. The number of aliphatic imine (C=N–C) groups is 1. The van der Waals surface area contributed by atoms with Gasteiger partial charge in [-0.2, -0.15) is 4.99 Å². The fourth-order valence-corrected chi connectivity index (χ4v) is 2.17. The zero-order valence-electron chi connectivity index (χ0n) is 9.46. The lowest BCUT2D eigenvalue weighted by Crippen LogP contribution is -2.30. The van der Waals surface area contributed by atoms with Gasteiger partial charge in [-0.15, -0.1) is 0 Å². The highest BCUT2D eigenvalue weighted by Gasteiger charge is 2.15. The molecule has 1 rings (SSSR count). The minimum atomic E-state index is -0.193. The number of nitrogens with two attached hydrogens (primary N) is 2. The van der Waals surface area contributed by atoms with E-state index in [-0.39, 0.29) is 11.9 Å². The molecule has 1 aromatic rings. The van der Waals surface area contributed by atoms with Crippen molar-refractivity contribution in [3.63, 3.8) is 0 Å². The van der Waals surface area contributed by atoms with Crippen molar-refractivity contribution in [1.82, 2.24) is 0 Å². The Hall–Kier alpha value is -1.46. The van der Waals surface area contributed by atoms with Gasteiger partial charge in [0.2, 0.25) is 5.96 Å². The second-order valence-corrected chi connectivity index (χ2v) is 4.31. The molecule has 0 atom stereocenters. The number of guanidine groups is 2. The number of nitrogens with one attached hydrogen (secondary N) is 1. The van der Waals surface area contributed by atoms with Gasteiger partial charge in [-0.25, -0.2) is 0 Å². The molecule has 7 heteroatoms. The number of halogens is 2. The van der Waals surface area contributed by atoms with Crippen molar-refractivity contribution in [2.45, 2.75) is 6.92 Å². The first-order chi connectivity index (χ1) is 7.82. The Morgan fingerprint density at radius 2 is 1.76 bits per heavy atom. The summed E-state index contributed by atoms with van der Waals surface area (Å²) in [6.45, 7) is 1.88. The summed E-state index contributed by atoms with van der Waals surface area (Å²) in [5.41, 5.74) is 11.8. The highest BCUT2D eigenvalue weighted by molar-refractivity contribution is 6.40. The zero-order valence-corrected chi connectivity index (χ0v) is 11.0. The molecule has 0 aromatic heterocycles. The normalized spacial score (nSPS) is 9.88. The maximum absolute atomic E-state index is 7.67. The van der Waals surface area contributed by atoms with Gasteiger partial charge >= 0.3 is 0 Å². The van der Waals surface area contributed by atoms with E-state index >= 15 is 0 Å². The summed E-state index contributed by atoms with van der Waals surface area (Å²) >= 11 is 12.2. The van der Waals surface area contributed by atoms with Gasteiger partial charge in [-0.3, -0.25) is 5.41 Å². The van der Waals surface area contributed by atoms with Gasteiger partial charge in [0.15, 0.2) is 5.96 Å². The zero-order chi connectivity index (χ0) is 13.2. The summed E-state index contributed by atoms with van der Waals surface area (Å²) in [6, 6.07) is 3.50. The Kier molecular flexibility index (Phi) is 4.20. The Balaban J connectivity index is 3.17. The molecule has 0 unspecified atom stereocenters. The average molecular weight is 274 g/mol. The summed E-state index contributed by atoms with van der Waals surface area (Å²) < 4.78 is 0. The minimum absolute atomic E-state index is 0.141. The van der Waals surface area contributed by atoms with Crippen LogP contribution in [0.25, 0.3) is 0 Å². The maximum Gasteiger partial charge on any atom is 0.225 e. The second kappa shape index (κ2) is 5.25. The molecule has 5 N–H and O–H groups in total. The van der Waals surface area contributed by atoms with E-state index < -0.39 is 0 Å². The number of rotatable bonds is 1. The van der Waals surface area contributed by atoms with Crippen LogP contribution < -0.4 is 16.4 Å². The van der Waals surface area contributed by atoms with Crippen LogP contribution in [0.5, 0.6) is 0 Å². The largest absolute Gasteiger partial charge is 0.370 e. The highest BCUT2D eigenvalue weighted by Crippen LogP contribution is 2.34. The summed E-state index contributed by atoms with van der Waals surface area (Å²) in [6.07, 6.45) is 0. The number of hydrogen-bond acceptors (Lipinski definition) is 1. The molecule has 17 heavy (non-hydrogen) atoms. The van der Waals surface area contributed by atoms with Crippen LogP contribution in [0, 0.1) is 12.3 Å². The van der Waals surface area contributed by atoms with Crippen LogP contribution in [0.15, 0.2) is 17.1 Å². The van der Waals surface area contributed by atoms with Crippen molar-refractivity contribution < 1.29 is 0 Å². The SMILES string of the molecule is Cc1cc(Cl)c(N(C)C(=N)N=C(N)N)c(Cl)c1. The van der Waals surface area contributed by atoms with Gasteiger partial charge in [0.25, 0.3) is 0 Å². The quantitative estimate of drug-likeness (QED) is 0.540. The number of anilines is 1. The van der Waals surface area contributed by atoms with Crippen molar-refractivity contribution in [2.24, 2.45) is 16.5 Å². The van der Waals surface area contributed by atoms with Gasteiger partial charge in [-0.05, 0) is 24.6 Å². The van der Waals surface area contributed by atoms with Crippen molar-refractivity contribution in [3.8, 4) is 0 Å². The molecule has 0 aliphatic heterocycles. The lowest BCUT2D eigenvalue weighted by molar-refractivity contribution is 1.19. The standard InChI is InChI=1S/C10H13Cl2N5/c1-5-3-6(11)8(7(12)4-5)17(2)10(15)16-9(13)14/h3-4H,1-2H3,(H5,13,14,15,16). The first kappa shape index (κ1) is 13.6. The maximum atomic E-state index is 7.67. The second-order valence-electron chi connectivity index (χ2n) is 3.50. The van der Waals surface area contributed by atoms with E-state index in [2.05, 4.69) is 4.99 Å². The van der Waals surface area contributed by atoms with E-state index in [0.29, 0.717) is 15.7 Å². The van der Waals surface area contributed by atoms with Crippen LogP contribution in [-0.2, 0) is 0 Å². The summed E-state index contributed by atoms with van der Waals surface area (Å²) in [4.78, 5) is 5.03. The number of benzene rings is 1. The van der Waals surface area contributed by atoms with E-state index in [9.17, 15) is 0 Å². The van der Waals surface area contributed by atoms with Gasteiger partial charge in [-0.1, -0.05) is 23.2 Å². The molecular formula is C10H13Cl2N5. The monoisotopic (exact) mass is 273 g/mol. The summed E-state index contributed by atoms with van der Waals surface area (Å²) in [7, 11) is 1.61. The Morgan fingerprint density at radius 3 is 2.18 bits per heavy atom. The Labute approximate surface area is 110 Å². The molecular weight excluding hydrogens is 261 g/mol. The molecule has 1 aromatic carbocycles. The molecule has 0 aliphatic rings. The molecule has 0 aliphatic carbocycles. The summed E-state index contributed by atoms with van der Waals surface area (Å²) in [5.74, 6) is -0.334. The number of nitrogens with zero attached hydrogens (tertiary/aromatic N) is 2. The van der Waals surface area contributed by atoms with Crippen LogP contribution in [0.2, 0.25) is 10.0 Å². The van der Waals surface area contributed by atoms with E-state index in [4.69, 9.17) is 40.1 Å². The van der Waals surface area contributed by atoms with Crippen LogP contribution in [0.3, 0.4) is 0 Å². The lowest BCUT2D eigenvalue weighted by Gasteiger charge is -2.20. The van der Waals surface area contributed by atoms with Crippen molar-refractivity contribution in [2.75, 3.05) is 11.9 Å². The van der Waals surface area contributed by atoms with Gasteiger partial charge in [0.1, 0.15) is 0 Å². The highest BCUT2D eigenvalue weighted by atomic mass is 35.5. The Bertz CT molecular complexity index is 457. The van der Waals surface area contributed by atoms with Crippen LogP contribution in [0.1, 0.15) is 5.56 Å². The fraction of sp³-hybridized carbons (Fsp3) is 0.200. The molecule has 0 radical (unpaired) electrons.